The molecule has 1 saturated heterocycles. The summed E-state index contributed by atoms with van der Waals surface area (Å²) in [5, 5.41) is 5.68. The fourth-order valence-electron chi connectivity index (χ4n) is 3.56. The number of nitrogens with zero attached hydrogens (tertiary/aromatic N) is 1. The Morgan fingerprint density at radius 1 is 1.12 bits per heavy atom. The number of piperidine rings is 1. The fourth-order valence-corrected chi connectivity index (χ4v) is 3.56. The Balaban J connectivity index is 1.36. The van der Waals surface area contributed by atoms with Crippen LogP contribution in [0.3, 0.4) is 0 Å². The number of nitrogens with one attached hydrogen (secondary N) is 2. The highest BCUT2D eigenvalue weighted by molar-refractivity contribution is 5.91. The maximum absolute atomic E-state index is 12.2. The molecular weight excluding hydrogens is 322 g/mol. The Bertz CT molecular complexity index is 600. The third-order valence-electron chi connectivity index (χ3n) is 5.03. The Morgan fingerprint density at radius 2 is 1.84 bits per heavy atom. The van der Waals surface area contributed by atoms with E-state index in [1.165, 1.54) is 6.26 Å². The molecular formula is C18H25N3O4. The standard InChI is InChI=1S/C18H25N3O4/c22-16(12-19-17(23)13-4-1-2-5-13)20-14-7-9-21(10-8-14)18(24)15-6-3-11-25-15/h3,6,11,13-14H,1-2,4-5,7-10,12H2,(H,19,23)(H,20,22). The first-order valence-corrected chi connectivity index (χ1v) is 9.03. The van der Waals surface area contributed by atoms with E-state index in [4.69, 9.17) is 4.42 Å². The van der Waals surface area contributed by atoms with E-state index in [0.717, 1.165) is 25.7 Å². The van der Waals surface area contributed by atoms with E-state index in [9.17, 15) is 14.4 Å². The molecule has 7 heteroatoms. The molecule has 0 bridgehead atoms. The van der Waals surface area contributed by atoms with Crippen molar-refractivity contribution in [2.24, 2.45) is 5.92 Å². The monoisotopic (exact) mass is 347 g/mol. The van der Waals surface area contributed by atoms with E-state index in [-0.39, 0.29) is 36.2 Å². The first kappa shape index (κ1) is 17.5. The topological polar surface area (TPSA) is 91.7 Å². The summed E-state index contributed by atoms with van der Waals surface area (Å²) in [7, 11) is 0. The average molecular weight is 347 g/mol. The minimum absolute atomic E-state index is 0.00786. The van der Waals surface area contributed by atoms with Gasteiger partial charge in [-0.1, -0.05) is 12.8 Å². The number of carbonyl (C=O) groups is 3. The maximum Gasteiger partial charge on any atom is 0.289 e. The highest BCUT2D eigenvalue weighted by Crippen LogP contribution is 2.24. The molecule has 1 aliphatic heterocycles. The van der Waals surface area contributed by atoms with Gasteiger partial charge in [0.1, 0.15) is 0 Å². The Kier molecular flexibility index (Phi) is 5.73. The summed E-state index contributed by atoms with van der Waals surface area (Å²) in [6.07, 6.45) is 6.94. The molecule has 3 rings (SSSR count). The smallest absolute Gasteiger partial charge is 0.289 e. The van der Waals surface area contributed by atoms with E-state index < -0.39 is 0 Å². The summed E-state index contributed by atoms with van der Waals surface area (Å²) >= 11 is 0. The second-order valence-corrected chi connectivity index (χ2v) is 6.81. The second kappa shape index (κ2) is 8.18. The third kappa shape index (κ3) is 4.61. The lowest BCUT2D eigenvalue weighted by atomic mass is 10.0. The SMILES string of the molecule is O=C(CNC(=O)C1CCCC1)NC1CCN(C(=O)c2ccco2)CC1. The zero-order chi connectivity index (χ0) is 17.6. The number of hydrogen-bond acceptors (Lipinski definition) is 4. The molecule has 0 aromatic carbocycles. The van der Waals surface area contributed by atoms with Crippen LogP contribution in [0, 0.1) is 5.92 Å². The molecule has 136 valence electrons. The number of likely N-dealkylation sites (tertiary alicyclic amines) is 1. The minimum atomic E-state index is -0.165. The quantitative estimate of drug-likeness (QED) is 0.840. The molecule has 2 N–H and O–H groups in total. The van der Waals surface area contributed by atoms with Gasteiger partial charge in [0.25, 0.3) is 5.91 Å². The summed E-state index contributed by atoms with van der Waals surface area (Å²) in [6, 6.07) is 3.39. The lowest BCUT2D eigenvalue weighted by molar-refractivity contribution is -0.128. The van der Waals surface area contributed by atoms with Gasteiger partial charge in [0.05, 0.1) is 12.8 Å². The van der Waals surface area contributed by atoms with Gasteiger partial charge in [-0.2, -0.15) is 0 Å². The number of hydrogen-bond donors (Lipinski definition) is 2. The van der Waals surface area contributed by atoms with Gasteiger partial charge in [-0.15, -0.1) is 0 Å². The molecule has 0 spiro atoms. The van der Waals surface area contributed by atoms with Crippen molar-refractivity contribution in [3.63, 3.8) is 0 Å². The normalized spacial score (nSPS) is 19.0. The average Bonchev–Trinajstić information content (AvgIpc) is 3.33. The largest absolute Gasteiger partial charge is 0.459 e. The van der Waals surface area contributed by atoms with Crippen molar-refractivity contribution in [2.75, 3.05) is 19.6 Å². The van der Waals surface area contributed by atoms with Gasteiger partial charge in [-0.05, 0) is 37.8 Å². The molecule has 2 heterocycles. The lowest BCUT2D eigenvalue weighted by Crippen LogP contribution is -2.49. The Labute approximate surface area is 147 Å². The Hall–Kier alpha value is -2.31. The van der Waals surface area contributed by atoms with Gasteiger partial charge in [0.2, 0.25) is 11.8 Å². The lowest BCUT2D eigenvalue weighted by Gasteiger charge is -2.31. The summed E-state index contributed by atoms with van der Waals surface area (Å²) in [6.45, 7) is 1.19. The van der Waals surface area contributed by atoms with Crippen molar-refractivity contribution >= 4 is 17.7 Å². The van der Waals surface area contributed by atoms with Crippen LogP contribution in [0.15, 0.2) is 22.8 Å². The molecule has 0 atom stereocenters. The molecule has 0 unspecified atom stereocenters. The van der Waals surface area contributed by atoms with E-state index in [0.29, 0.717) is 31.7 Å². The zero-order valence-electron chi connectivity index (χ0n) is 14.3. The molecule has 1 aliphatic carbocycles. The van der Waals surface area contributed by atoms with Crippen LogP contribution in [-0.4, -0.2) is 48.3 Å². The minimum Gasteiger partial charge on any atom is -0.459 e. The summed E-state index contributed by atoms with van der Waals surface area (Å²) in [5.74, 6) is 0.132. The fraction of sp³-hybridized carbons (Fsp3) is 0.611. The molecule has 2 fully saturated rings. The van der Waals surface area contributed by atoms with Crippen LogP contribution >= 0.6 is 0 Å². The van der Waals surface area contributed by atoms with Crippen LogP contribution < -0.4 is 10.6 Å². The predicted molar refractivity (Wildman–Crippen MR) is 90.7 cm³/mol. The molecule has 1 aromatic heterocycles. The molecule has 1 saturated carbocycles. The van der Waals surface area contributed by atoms with Crippen molar-refractivity contribution in [3.8, 4) is 0 Å². The van der Waals surface area contributed by atoms with Gasteiger partial charge in [0.15, 0.2) is 5.76 Å². The molecule has 25 heavy (non-hydrogen) atoms. The number of furan rings is 1. The number of carbonyl (C=O) groups excluding carboxylic acids is 3. The Morgan fingerprint density at radius 3 is 2.48 bits per heavy atom. The number of rotatable bonds is 5. The van der Waals surface area contributed by atoms with E-state index in [1.54, 1.807) is 17.0 Å². The molecule has 1 aromatic rings. The predicted octanol–water partition coefficient (Wildman–Crippen LogP) is 1.31. The first-order valence-electron chi connectivity index (χ1n) is 9.03. The van der Waals surface area contributed by atoms with Crippen LogP contribution in [0.25, 0.3) is 0 Å². The van der Waals surface area contributed by atoms with E-state index in [2.05, 4.69) is 10.6 Å². The van der Waals surface area contributed by atoms with Gasteiger partial charge in [-0.25, -0.2) is 0 Å². The van der Waals surface area contributed by atoms with Crippen LogP contribution in [-0.2, 0) is 9.59 Å². The van der Waals surface area contributed by atoms with E-state index >= 15 is 0 Å². The summed E-state index contributed by atoms with van der Waals surface area (Å²) in [5.41, 5.74) is 0. The summed E-state index contributed by atoms with van der Waals surface area (Å²) in [4.78, 5) is 37.9. The molecule has 2 aliphatic rings. The second-order valence-electron chi connectivity index (χ2n) is 6.81. The van der Waals surface area contributed by atoms with Crippen molar-refractivity contribution in [3.05, 3.63) is 24.2 Å². The van der Waals surface area contributed by atoms with E-state index in [1.807, 2.05) is 0 Å². The van der Waals surface area contributed by atoms with Crippen LogP contribution in [0.5, 0.6) is 0 Å². The van der Waals surface area contributed by atoms with Gasteiger partial charge >= 0.3 is 0 Å². The zero-order valence-corrected chi connectivity index (χ0v) is 14.3. The van der Waals surface area contributed by atoms with Gasteiger partial charge in [0, 0.05) is 25.0 Å². The van der Waals surface area contributed by atoms with Crippen molar-refractivity contribution in [2.45, 2.75) is 44.6 Å². The number of amides is 3. The molecule has 0 radical (unpaired) electrons. The first-order chi connectivity index (χ1) is 12.1. The maximum atomic E-state index is 12.2. The van der Waals surface area contributed by atoms with Crippen LogP contribution in [0.4, 0.5) is 0 Å². The molecule has 3 amide bonds. The van der Waals surface area contributed by atoms with Crippen LogP contribution in [0.2, 0.25) is 0 Å². The van der Waals surface area contributed by atoms with Crippen molar-refractivity contribution in [1.29, 1.82) is 0 Å². The van der Waals surface area contributed by atoms with Crippen LogP contribution in [0.1, 0.15) is 49.1 Å². The highest BCUT2D eigenvalue weighted by atomic mass is 16.3. The third-order valence-corrected chi connectivity index (χ3v) is 5.03. The van der Waals surface area contributed by atoms with Crippen molar-refractivity contribution in [1.82, 2.24) is 15.5 Å². The van der Waals surface area contributed by atoms with Gasteiger partial charge < -0.3 is 20.0 Å². The molecule has 7 nitrogen and oxygen atoms in total. The highest BCUT2D eigenvalue weighted by Gasteiger charge is 2.26. The van der Waals surface area contributed by atoms with Gasteiger partial charge in [-0.3, -0.25) is 14.4 Å². The van der Waals surface area contributed by atoms with Crippen molar-refractivity contribution < 1.29 is 18.8 Å². The summed E-state index contributed by atoms with van der Waals surface area (Å²) < 4.78 is 5.14.